The quantitative estimate of drug-likeness (QED) is 0.313. The first-order valence-electron chi connectivity index (χ1n) is 12.3. The van der Waals surface area contributed by atoms with Gasteiger partial charge in [-0.3, -0.25) is 9.59 Å². The van der Waals surface area contributed by atoms with Crippen LogP contribution in [-0.4, -0.2) is 42.6 Å². The highest BCUT2D eigenvalue weighted by molar-refractivity contribution is 5.87. The van der Waals surface area contributed by atoms with E-state index in [0.29, 0.717) is 24.5 Å². The minimum absolute atomic E-state index is 0.237. The molecule has 3 aromatic carbocycles. The van der Waals surface area contributed by atoms with Gasteiger partial charge in [-0.05, 0) is 54.3 Å². The summed E-state index contributed by atoms with van der Waals surface area (Å²) in [7, 11) is 3.25. The van der Waals surface area contributed by atoms with E-state index in [0.717, 1.165) is 35.3 Å². The van der Waals surface area contributed by atoms with Crippen molar-refractivity contribution in [3.8, 4) is 22.6 Å². The number of carbonyl (C=O) groups excluding carboxylic acids is 1. The van der Waals surface area contributed by atoms with Crippen molar-refractivity contribution in [3.05, 3.63) is 83.4 Å². The van der Waals surface area contributed by atoms with Crippen molar-refractivity contribution in [3.63, 3.8) is 0 Å². The fraction of sp³-hybridized carbons (Fsp3) is 0.333. The van der Waals surface area contributed by atoms with Crippen molar-refractivity contribution in [1.29, 1.82) is 0 Å². The van der Waals surface area contributed by atoms with E-state index >= 15 is 0 Å². The third-order valence-electron chi connectivity index (χ3n) is 5.96. The number of aliphatic carboxylic acids is 1. The molecule has 0 spiro atoms. The summed E-state index contributed by atoms with van der Waals surface area (Å²) >= 11 is 0. The molecular weight excluding hydrogens is 454 g/mol. The predicted molar refractivity (Wildman–Crippen MR) is 141 cm³/mol. The molecule has 0 bridgehead atoms. The van der Waals surface area contributed by atoms with Gasteiger partial charge < -0.3 is 19.5 Å². The van der Waals surface area contributed by atoms with Gasteiger partial charge in [0.25, 0.3) is 0 Å². The van der Waals surface area contributed by atoms with Gasteiger partial charge in [0.15, 0.2) is 0 Å². The standard InChI is InChI=1S/C30H35NO5/c1-5-6-17-35-28-16-7-21(2)18-26(28)23-10-8-22(9-11-23)20-36-25-14-12-24(13-15-25)27(19-29(32)33)30(34)31(3)4/h7-16,18,27H,5-6,17,19-20H2,1-4H3,(H,32,33)/t27-/m0/s1. The van der Waals surface area contributed by atoms with Gasteiger partial charge in [0.1, 0.15) is 18.1 Å². The molecule has 36 heavy (non-hydrogen) atoms. The van der Waals surface area contributed by atoms with Gasteiger partial charge >= 0.3 is 5.97 Å². The first-order valence-corrected chi connectivity index (χ1v) is 12.3. The van der Waals surface area contributed by atoms with E-state index < -0.39 is 11.9 Å². The van der Waals surface area contributed by atoms with Crippen LogP contribution in [0.2, 0.25) is 0 Å². The van der Waals surface area contributed by atoms with Gasteiger partial charge in [-0.15, -0.1) is 0 Å². The summed E-state index contributed by atoms with van der Waals surface area (Å²) in [4.78, 5) is 25.1. The molecule has 1 N–H and O–H groups in total. The minimum Gasteiger partial charge on any atom is -0.493 e. The molecule has 0 aliphatic rings. The number of hydrogen-bond donors (Lipinski definition) is 1. The molecule has 0 saturated heterocycles. The SMILES string of the molecule is CCCCOc1ccc(C)cc1-c1ccc(COc2ccc([C@H](CC(=O)O)C(=O)N(C)C)cc2)cc1. The Bertz CT molecular complexity index is 1150. The average molecular weight is 490 g/mol. The van der Waals surface area contributed by atoms with Crippen molar-refractivity contribution >= 4 is 11.9 Å². The molecule has 190 valence electrons. The van der Waals surface area contributed by atoms with Crippen LogP contribution in [0.25, 0.3) is 11.1 Å². The van der Waals surface area contributed by atoms with Gasteiger partial charge in [0.2, 0.25) is 5.91 Å². The van der Waals surface area contributed by atoms with Crippen molar-refractivity contribution in [2.75, 3.05) is 20.7 Å². The second-order valence-corrected chi connectivity index (χ2v) is 9.14. The zero-order chi connectivity index (χ0) is 26.1. The average Bonchev–Trinajstić information content (AvgIpc) is 2.87. The number of carboxylic acid groups (broad SMARTS) is 1. The Balaban J connectivity index is 1.66. The van der Waals surface area contributed by atoms with E-state index in [2.05, 4.69) is 38.1 Å². The Morgan fingerprint density at radius 3 is 2.25 bits per heavy atom. The molecule has 0 fully saturated rings. The maximum absolute atomic E-state index is 12.4. The Kier molecular flexibility index (Phi) is 9.51. The second-order valence-electron chi connectivity index (χ2n) is 9.14. The summed E-state index contributed by atoms with van der Waals surface area (Å²) < 4.78 is 12.0. The van der Waals surface area contributed by atoms with Crippen LogP contribution in [0.5, 0.6) is 11.5 Å². The largest absolute Gasteiger partial charge is 0.493 e. The van der Waals surface area contributed by atoms with Gasteiger partial charge in [-0.2, -0.15) is 0 Å². The molecule has 0 aliphatic carbocycles. The van der Waals surface area contributed by atoms with E-state index in [-0.39, 0.29) is 12.3 Å². The van der Waals surface area contributed by atoms with Crippen LogP contribution in [0, 0.1) is 6.92 Å². The number of rotatable bonds is 12. The fourth-order valence-electron chi connectivity index (χ4n) is 3.90. The Hall–Kier alpha value is -3.80. The molecule has 0 aromatic heterocycles. The van der Waals surface area contributed by atoms with Gasteiger partial charge in [0.05, 0.1) is 18.9 Å². The zero-order valence-corrected chi connectivity index (χ0v) is 21.5. The molecule has 0 unspecified atom stereocenters. The molecule has 0 radical (unpaired) electrons. The van der Waals surface area contributed by atoms with Crippen molar-refractivity contribution < 1.29 is 24.2 Å². The van der Waals surface area contributed by atoms with Crippen LogP contribution in [0.15, 0.2) is 66.7 Å². The summed E-state index contributed by atoms with van der Waals surface area (Å²) in [6.07, 6.45) is 1.86. The highest BCUT2D eigenvalue weighted by atomic mass is 16.5. The first kappa shape index (κ1) is 26.8. The monoisotopic (exact) mass is 489 g/mol. The Morgan fingerprint density at radius 2 is 1.64 bits per heavy atom. The minimum atomic E-state index is -1.01. The van der Waals surface area contributed by atoms with Crippen molar-refractivity contribution in [2.45, 2.75) is 45.6 Å². The molecule has 0 aliphatic heterocycles. The summed E-state index contributed by atoms with van der Waals surface area (Å²) in [6, 6.07) is 21.5. The molecule has 6 heteroatoms. The maximum Gasteiger partial charge on any atom is 0.304 e. The first-order chi connectivity index (χ1) is 17.3. The molecule has 0 saturated carbocycles. The molecule has 3 aromatic rings. The number of likely N-dealkylation sites (N-methyl/N-ethyl adjacent to an activating group) is 1. The van der Waals surface area contributed by atoms with Crippen LogP contribution < -0.4 is 9.47 Å². The summed E-state index contributed by atoms with van der Waals surface area (Å²) in [5.41, 5.74) is 5.03. The maximum atomic E-state index is 12.4. The number of ether oxygens (including phenoxy) is 2. The predicted octanol–water partition coefficient (Wildman–Crippen LogP) is 6.07. The highest BCUT2D eigenvalue weighted by Gasteiger charge is 2.25. The molecule has 6 nitrogen and oxygen atoms in total. The van der Waals surface area contributed by atoms with E-state index in [1.165, 1.54) is 10.5 Å². The van der Waals surface area contributed by atoms with E-state index in [1.807, 2.05) is 18.2 Å². The second kappa shape index (κ2) is 12.8. The number of unbranched alkanes of at least 4 members (excludes halogenated alkanes) is 1. The number of nitrogens with zero attached hydrogens (tertiary/aromatic N) is 1. The Morgan fingerprint density at radius 1 is 0.944 bits per heavy atom. The smallest absolute Gasteiger partial charge is 0.304 e. The number of amides is 1. The number of carboxylic acids is 1. The molecule has 1 atom stereocenters. The third-order valence-corrected chi connectivity index (χ3v) is 5.96. The zero-order valence-electron chi connectivity index (χ0n) is 21.5. The number of carbonyl (C=O) groups is 2. The summed E-state index contributed by atoms with van der Waals surface area (Å²) in [5, 5.41) is 9.21. The van der Waals surface area contributed by atoms with E-state index in [1.54, 1.807) is 38.4 Å². The van der Waals surface area contributed by atoms with Crippen LogP contribution in [-0.2, 0) is 16.2 Å². The van der Waals surface area contributed by atoms with Crippen molar-refractivity contribution in [1.82, 2.24) is 4.90 Å². The van der Waals surface area contributed by atoms with E-state index in [4.69, 9.17) is 9.47 Å². The van der Waals surface area contributed by atoms with E-state index in [9.17, 15) is 14.7 Å². The lowest BCUT2D eigenvalue weighted by Crippen LogP contribution is -2.29. The van der Waals surface area contributed by atoms with Crippen LogP contribution in [0.1, 0.15) is 48.8 Å². The number of aryl methyl sites for hydroxylation is 1. The topological polar surface area (TPSA) is 76.1 Å². The van der Waals surface area contributed by atoms with Gasteiger partial charge in [-0.25, -0.2) is 0 Å². The van der Waals surface area contributed by atoms with Crippen LogP contribution in [0.3, 0.4) is 0 Å². The van der Waals surface area contributed by atoms with Crippen LogP contribution >= 0.6 is 0 Å². The lowest BCUT2D eigenvalue weighted by molar-refractivity contribution is -0.141. The van der Waals surface area contributed by atoms with Gasteiger partial charge in [0, 0.05) is 19.7 Å². The molecule has 1 amide bonds. The van der Waals surface area contributed by atoms with Crippen molar-refractivity contribution in [2.24, 2.45) is 0 Å². The lowest BCUT2D eigenvalue weighted by atomic mass is 9.94. The Labute approximate surface area is 213 Å². The highest BCUT2D eigenvalue weighted by Crippen LogP contribution is 2.32. The molecular formula is C30H35NO5. The van der Waals surface area contributed by atoms with Crippen LogP contribution in [0.4, 0.5) is 0 Å². The summed E-state index contributed by atoms with van der Waals surface area (Å²) in [6.45, 7) is 5.32. The molecule has 3 rings (SSSR count). The van der Waals surface area contributed by atoms with Gasteiger partial charge in [-0.1, -0.05) is 61.4 Å². The summed E-state index contributed by atoms with van der Waals surface area (Å²) in [5.74, 6) is -0.425. The number of benzene rings is 3. The number of hydrogen-bond acceptors (Lipinski definition) is 4. The lowest BCUT2D eigenvalue weighted by Gasteiger charge is -2.19. The third kappa shape index (κ3) is 7.35. The normalized spacial score (nSPS) is 11.6. The molecule has 0 heterocycles. The fourth-order valence-corrected chi connectivity index (χ4v) is 3.90.